The first kappa shape index (κ1) is 12.9. The highest BCUT2D eigenvalue weighted by Crippen LogP contribution is 2.42. The summed E-state index contributed by atoms with van der Waals surface area (Å²) in [7, 11) is 0. The van der Waals surface area contributed by atoms with Gasteiger partial charge in [0, 0.05) is 11.6 Å². The third-order valence-electron chi connectivity index (χ3n) is 2.02. The summed E-state index contributed by atoms with van der Waals surface area (Å²) in [6, 6.07) is 1.32. The van der Waals surface area contributed by atoms with Crippen LogP contribution >= 0.6 is 0 Å². The van der Waals surface area contributed by atoms with Crippen LogP contribution in [0.5, 0.6) is 5.75 Å². The maximum absolute atomic E-state index is 12.6. The number of benzene rings is 1. The number of hydrogen-bond acceptors (Lipinski definition) is 4. The SMILES string of the molecule is CC(=O)c1ccc([N+](=O)[O-])c(O)c1C(F)(F)F. The lowest BCUT2D eigenvalue weighted by Crippen LogP contribution is -2.13. The second-order valence-electron chi connectivity index (χ2n) is 3.17. The molecule has 0 fully saturated rings. The molecule has 0 radical (unpaired) electrons. The summed E-state index contributed by atoms with van der Waals surface area (Å²) >= 11 is 0. The first-order valence-electron chi connectivity index (χ1n) is 4.24. The van der Waals surface area contributed by atoms with Crippen molar-refractivity contribution in [3.63, 3.8) is 0 Å². The second-order valence-corrected chi connectivity index (χ2v) is 3.17. The highest BCUT2D eigenvalue weighted by atomic mass is 19.4. The summed E-state index contributed by atoms with van der Waals surface area (Å²) in [5.41, 5.74) is -3.58. The van der Waals surface area contributed by atoms with Crippen molar-refractivity contribution in [2.45, 2.75) is 13.1 Å². The van der Waals surface area contributed by atoms with Gasteiger partial charge in [0.1, 0.15) is 5.56 Å². The summed E-state index contributed by atoms with van der Waals surface area (Å²) in [6.07, 6.45) is -5.04. The van der Waals surface area contributed by atoms with Gasteiger partial charge in [0.25, 0.3) is 0 Å². The van der Waals surface area contributed by atoms with Gasteiger partial charge in [-0.2, -0.15) is 13.2 Å². The lowest BCUT2D eigenvalue weighted by atomic mass is 10.0. The molecule has 17 heavy (non-hydrogen) atoms. The summed E-state index contributed by atoms with van der Waals surface area (Å²) < 4.78 is 37.7. The average molecular weight is 249 g/mol. The van der Waals surface area contributed by atoms with Crippen LogP contribution in [0.2, 0.25) is 0 Å². The smallest absolute Gasteiger partial charge is 0.420 e. The van der Waals surface area contributed by atoms with Gasteiger partial charge in [0.2, 0.25) is 5.75 Å². The molecular formula is C9H6F3NO4. The van der Waals surface area contributed by atoms with Crippen molar-refractivity contribution in [2.75, 3.05) is 0 Å². The van der Waals surface area contributed by atoms with Gasteiger partial charge in [-0.05, 0) is 13.0 Å². The van der Waals surface area contributed by atoms with Crippen LogP contribution in [0.3, 0.4) is 0 Å². The summed E-state index contributed by atoms with van der Waals surface area (Å²) in [4.78, 5) is 20.2. The second kappa shape index (κ2) is 4.04. The molecule has 0 atom stereocenters. The van der Waals surface area contributed by atoms with Crippen LogP contribution in [0.1, 0.15) is 22.8 Å². The zero-order chi connectivity index (χ0) is 13.4. The number of carbonyl (C=O) groups excluding carboxylic acids is 1. The van der Waals surface area contributed by atoms with Gasteiger partial charge in [-0.25, -0.2) is 0 Å². The Bertz CT molecular complexity index is 496. The number of nitrogens with zero attached hydrogens (tertiary/aromatic N) is 1. The average Bonchev–Trinajstić information content (AvgIpc) is 2.14. The molecule has 1 rings (SSSR count). The van der Waals surface area contributed by atoms with Gasteiger partial charge >= 0.3 is 11.9 Å². The number of aromatic hydroxyl groups is 1. The van der Waals surface area contributed by atoms with Crippen molar-refractivity contribution in [1.29, 1.82) is 0 Å². The Hall–Kier alpha value is -2.12. The number of hydrogen-bond donors (Lipinski definition) is 1. The van der Waals surface area contributed by atoms with Gasteiger partial charge in [-0.15, -0.1) is 0 Å². The Morgan fingerprint density at radius 1 is 1.41 bits per heavy atom. The molecule has 92 valence electrons. The molecule has 1 aromatic rings. The van der Waals surface area contributed by atoms with Gasteiger partial charge in [0.15, 0.2) is 5.78 Å². The van der Waals surface area contributed by atoms with E-state index in [1.807, 2.05) is 0 Å². The van der Waals surface area contributed by atoms with Gasteiger partial charge < -0.3 is 5.11 Å². The summed E-state index contributed by atoms with van der Waals surface area (Å²) in [5, 5.41) is 19.6. The van der Waals surface area contributed by atoms with E-state index in [4.69, 9.17) is 0 Å². The maximum atomic E-state index is 12.6. The number of Topliss-reactive ketones (excluding diaryl/α,β-unsaturated/α-hetero) is 1. The highest BCUT2D eigenvalue weighted by Gasteiger charge is 2.40. The van der Waals surface area contributed by atoms with Gasteiger partial charge in [-0.3, -0.25) is 14.9 Å². The molecule has 0 saturated carbocycles. The van der Waals surface area contributed by atoms with Crippen LogP contribution < -0.4 is 0 Å². The third kappa shape index (κ3) is 2.35. The predicted octanol–water partition coefficient (Wildman–Crippen LogP) is 2.52. The van der Waals surface area contributed by atoms with Crippen molar-refractivity contribution in [2.24, 2.45) is 0 Å². The Kier molecular flexibility index (Phi) is 3.08. The fraction of sp³-hybridized carbons (Fsp3) is 0.222. The van der Waals surface area contributed by atoms with Crippen LogP contribution in [-0.2, 0) is 6.18 Å². The normalized spacial score (nSPS) is 11.3. The van der Waals surface area contributed by atoms with E-state index >= 15 is 0 Å². The quantitative estimate of drug-likeness (QED) is 0.496. The molecule has 0 aromatic heterocycles. The van der Waals surface area contributed by atoms with Crippen LogP contribution in [0.25, 0.3) is 0 Å². The highest BCUT2D eigenvalue weighted by molar-refractivity contribution is 5.97. The van der Waals surface area contributed by atoms with E-state index in [2.05, 4.69) is 0 Å². The maximum Gasteiger partial charge on any atom is 0.420 e. The van der Waals surface area contributed by atoms with Crippen molar-refractivity contribution in [3.8, 4) is 5.75 Å². The number of alkyl halides is 3. The molecule has 1 aromatic carbocycles. The Morgan fingerprint density at radius 2 is 1.94 bits per heavy atom. The van der Waals surface area contributed by atoms with E-state index < -0.39 is 39.4 Å². The number of rotatable bonds is 2. The van der Waals surface area contributed by atoms with Crippen molar-refractivity contribution in [1.82, 2.24) is 0 Å². The van der Waals surface area contributed by atoms with Crippen molar-refractivity contribution in [3.05, 3.63) is 33.4 Å². The molecule has 0 aliphatic rings. The number of carbonyl (C=O) groups is 1. The molecule has 0 heterocycles. The molecule has 0 saturated heterocycles. The Balaban J connectivity index is 3.65. The van der Waals surface area contributed by atoms with Crippen LogP contribution in [0, 0.1) is 10.1 Å². The Morgan fingerprint density at radius 3 is 2.29 bits per heavy atom. The third-order valence-corrected chi connectivity index (χ3v) is 2.02. The molecule has 8 heteroatoms. The first-order valence-corrected chi connectivity index (χ1v) is 4.24. The fourth-order valence-corrected chi connectivity index (χ4v) is 1.31. The number of phenols is 1. The summed E-state index contributed by atoms with van der Waals surface area (Å²) in [5.74, 6) is -2.49. The molecule has 0 aliphatic carbocycles. The number of nitro benzene ring substituents is 1. The molecule has 5 nitrogen and oxygen atoms in total. The van der Waals surface area contributed by atoms with Crippen molar-refractivity contribution >= 4 is 11.5 Å². The van der Waals surface area contributed by atoms with Crippen molar-refractivity contribution < 1.29 is 28.0 Å². The summed E-state index contributed by atoms with van der Waals surface area (Å²) in [6.45, 7) is 0.871. The molecule has 0 unspecified atom stereocenters. The number of phenolic OH excluding ortho intramolecular Hbond substituents is 1. The number of ketones is 1. The number of nitro groups is 1. The lowest BCUT2D eigenvalue weighted by Gasteiger charge is -2.12. The molecule has 0 aliphatic heterocycles. The van der Waals surface area contributed by atoms with Crippen LogP contribution in [0.15, 0.2) is 12.1 Å². The zero-order valence-electron chi connectivity index (χ0n) is 8.41. The van der Waals surface area contributed by atoms with Crippen LogP contribution in [0.4, 0.5) is 18.9 Å². The standard InChI is InChI=1S/C9H6F3NO4/c1-4(14)5-2-3-6(13(16)17)8(15)7(5)9(10,11)12/h2-3,15H,1H3. The predicted molar refractivity (Wildman–Crippen MR) is 49.8 cm³/mol. The Labute approximate surface area is 92.6 Å². The monoisotopic (exact) mass is 249 g/mol. The minimum absolute atomic E-state index is 0.654. The topological polar surface area (TPSA) is 80.4 Å². The molecular weight excluding hydrogens is 243 g/mol. The number of halogens is 3. The molecule has 0 spiro atoms. The van der Waals surface area contributed by atoms with E-state index in [9.17, 15) is 33.2 Å². The minimum atomic E-state index is -5.04. The largest absolute Gasteiger partial charge is 0.502 e. The van der Waals surface area contributed by atoms with E-state index in [1.165, 1.54) is 0 Å². The van der Waals surface area contributed by atoms with Crippen LogP contribution in [-0.4, -0.2) is 15.8 Å². The molecule has 0 bridgehead atoms. The van der Waals surface area contributed by atoms with Gasteiger partial charge in [-0.1, -0.05) is 0 Å². The zero-order valence-corrected chi connectivity index (χ0v) is 8.41. The molecule has 0 amide bonds. The van der Waals surface area contributed by atoms with E-state index in [1.54, 1.807) is 0 Å². The van der Waals surface area contributed by atoms with Gasteiger partial charge in [0.05, 0.1) is 4.92 Å². The fourth-order valence-electron chi connectivity index (χ4n) is 1.31. The van der Waals surface area contributed by atoms with E-state index in [-0.39, 0.29) is 0 Å². The van der Waals surface area contributed by atoms with E-state index in [0.717, 1.165) is 6.92 Å². The molecule has 1 N–H and O–H groups in total. The minimum Gasteiger partial charge on any atom is -0.502 e. The lowest BCUT2D eigenvalue weighted by molar-refractivity contribution is -0.386. The van der Waals surface area contributed by atoms with E-state index in [0.29, 0.717) is 12.1 Å². The first-order chi connectivity index (χ1) is 7.66.